The lowest BCUT2D eigenvalue weighted by Gasteiger charge is -1.98. The van der Waals surface area contributed by atoms with Crippen LogP contribution in [-0.2, 0) is 0 Å². The summed E-state index contributed by atoms with van der Waals surface area (Å²) in [6, 6.07) is 16.8. The average molecular weight is 375 g/mol. The molecule has 0 unspecified atom stereocenters. The summed E-state index contributed by atoms with van der Waals surface area (Å²) in [5.74, 6) is 0.732. The molecule has 6 heteroatoms. The zero-order valence-electron chi connectivity index (χ0n) is 11.4. The Labute approximate surface area is 140 Å². The predicted octanol–water partition coefficient (Wildman–Crippen LogP) is 4.47. The Morgan fingerprint density at radius 1 is 1.05 bits per heavy atom. The Hall–Kier alpha value is -1.92. The number of carbonyl (C=O) groups excluding carboxylic acids is 1. The average Bonchev–Trinajstić information content (AvgIpc) is 3.02. The number of rotatable bonds is 5. The molecule has 0 bridgehead atoms. The van der Waals surface area contributed by atoms with Crippen LogP contribution in [0.15, 0.2) is 68.7 Å². The van der Waals surface area contributed by atoms with Crippen LogP contribution in [0, 0.1) is 0 Å². The maximum atomic E-state index is 12.0. The highest BCUT2D eigenvalue weighted by atomic mass is 79.9. The molecule has 2 aromatic carbocycles. The van der Waals surface area contributed by atoms with Gasteiger partial charge < -0.3 is 4.42 Å². The molecule has 0 N–H and O–H groups in total. The first-order chi connectivity index (χ1) is 10.7. The van der Waals surface area contributed by atoms with Gasteiger partial charge in [-0.05, 0) is 28.1 Å². The van der Waals surface area contributed by atoms with Crippen molar-refractivity contribution >= 4 is 33.5 Å². The van der Waals surface area contributed by atoms with Crippen LogP contribution in [0.1, 0.15) is 10.4 Å². The van der Waals surface area contributed by atoms with Gasteiger partial charge in [0.2, 0.25) is 5.89 Å². The van der Waals surface area contributed by atoms with Crippen molar-refractivity contribution in [3.05, 3.63) is 64.6 Å². The summed E-state index contributed by atoms with van der Waals surface area (Å²) >= 11 is 4.69. The van der Waals surface area contributed by atoms with Crippen LogP contribution in [0.4, 0.5) is 0 Å². The number of benzene rings is 2. The third-order valence-electron chi connectivity index (χ3n) is 2.93. The van der Waals surface area contributed by atoms with Crippen molar-refractivity contribution in [2.75, 3.05) is 5.75 Å². The number of hydrogen-bond acceptors (Lipinski definition) is 5. The molecule has 1 aromatic heterocycles. The van der Waals surface area contributed by atoms with Gasteiger partial charge >= 0.3 is 0 Å². The first-order valence-electron chi connectivity index (χ1n) is 6.53. The summed E-state index contributed by atoms with van der Waals surface area (Å²) in [4.78, 5) is 12.0. The molecule has 0 aliphatic carbocycles. The van der Waals surface area contributed by atoms with Crippen LogP contribution >= 0.6 is 27.7 Å². The summed E-state index contributed by atoms with van der Waals surface area (Å²) in [6.07, 6.45) is 0. The van der Waals surface area contributed by atoms with Crippen LogP contribution in [0.25, 0.3) is 11.5 Å². The maximum Gasteiger partial charge on any atom is 0.277 e. The molecule has 0 aliphatic heterocycles. The van der Waals surface area contributed by atoms with Crippen molar-refractivity contribution in [2.24, 2.45) is 0 Å². The van der Waals surface area contributed by atoms with Crippen molar-refractivity contribution in [1.29, 1.82) is 0 Å². The third-order valence-corrected chi connectivity index (χ3v) is 4.44. The number of hydrogen-bond donors (Lipinski definition) is 0. The molecular formula is C16H11BrN2O2S. The minimum atomic E-state index is 0.0336. The fourth-order valence-electron chi connectivity index (χ4n) is 1.85. The van der Waals surface area contributed by atoms with Crippen LogP contribution in [0.5, 0.6) is 0 Å². The van der Waals surface area contributed by atoms with Gasteiger partial charge in [0.25, 0.3) is 5.22 Å². The van der Waals surface area contributed by atoms with Gasteiger partial charge in [0.1, 0.15) is 0 Å². The second kappa shape index (κ2) is 6.89. The fourth-order valence-corrected chi connectivity index (χ4v) is 2.96. The van der Waals surface area contributed by atoms with E-state index in [9.17, 15) is 4.79 Å². The van der Waals surface area contributed by atoms with E-state index in [1.807, 2.05) is 42.5 Å². The Morgan fingerprint density at radius 2 is 1.77 bits per heavy atom. The van der Waals surface area contributed by atoms with E-state index in [1.165, 1.54) is 11.8 Å². The van der Waals surface area contributed by atoms with E-state index in [0.717, 1.165) is 10.0 Å². The molecule has 1 heterocycles. The lowest BCUT2D eigenvalue weighted by Crippen LogP contribution is -2.01. The van der Waals surface area contributed by atoms with E-state index in [1.54, 1.807) is 12.1 Å². The van der Waals surface area contributed by atoms with E-state index in [2.05, 4.69) is 26.1 Å². The van der Waals surface area contributed by atoms with Crippen molar-refractivity contribution in [1.82, 2.24) is 10.2 Å². The lowest BCUT2D eigenvalue weighted by molar-refractivity contribution is 0.102. The van der Waals surface area contributed by atoms with E-state index in [-0.39, 0.29) is 11.5 Å². The third kappa shape index (κ3) is 3.45. The normalized spacial score (nSPS) is 10.6. The second-order valence-corrected chi connectivity index (χ2v) is 6.21. The summed E-state index contributed by atoms with van der Waals surface area (Å²) in [7, 11) is 0. The van der Waals surface area contributed by atoms with Gasteiger partial charge in [0, 0.05) is 10.0 Å². The predicted molar refractivity (Wildman–Crippen MR) is 88.9 cm³/mol. The van der Waals surface area contributed by atoms with Crippen LogP contribution in [0.3, 0.4) is 0 Å². The van der Waals surface area contributed by atoms with Gasteiger partial charge in [-0.1, -0.05) is 54.2 Å². The number of carbonyl (C=O) groups is 1. The Morgan fingerprint density at radius 3 is 2.55 bits per heavy atom. The molecule has 0 aliphatic rings. The molecule has 0 atom stereocenters. The highest BCUT2D eigenvalue weighted by Crippen LogP contribution is 2.29. The number of thioether (sulfide) groups is 1. The smallest absolute Gasteiger partial charge is 0.277 e. The first kappa shape index (κ1) is 15.0. The van der Waals surface area contributed by atoms with E-state index >= 15 is 0 Å². The summed E-state index contributed by atoms with van der Waals surface area (Å²) < 4.78 is 6.48. The molecule has 0 saturated heterocycles. The zero-order valence-corrected chi connectivity index (χ0v) is 13.8. The summed E-state index contributed by atoms with van der Waals surface area (Å²) in [5, 5.41) is 8.38. The Bertz CT molecular complexity index is 790. The lowest BCUT2D eigenvalue weighted by atomic mass is 10.2. The van der Waals surface area contributed by atoms with Gasteiger partial charge in [-0.15, -0.1) is 10.2 Å². The molecule has 3 aromatic rings. The van der Waals surface area contributed by atoms with Crippen molar-refractivity contribution in [2.45, 2.75) is 5.22 Å². The van der Waals surface area contributed by atoms with E-state index in [4.69, 9.17) is 4.42 Å². The SMILES string of the molecule is O=C(CSc1nnc(-c2ccccc2Br)o1)c1ccccc1. The minimum Gasteiger partial charge on any atom is -0.411 e. The number of ketones is 1. The largest absolute Gasteiger partial charge is 0.411 e. The number of aromatic nitrogens is 2. The van der Waals surface area contributed by atoms with Crippen LogP contribution < -0.4 is 0 Å². The Balaban J connectivity index is 1.68. The molecular weight excluding hydrogens is 364 g/mol. The van der Waals surface area contributed by atoms with Crippen molar-refractivity contribution in [3.63, 3.8) is 0 Å². The summed E-state index contributed by atoms with van der Waals surface area (Å²) in [6.45, 7) is 0. The molecule has 22 heavy (non-hydrogen) atoms. The van der Waals surface area contributed by atoms with Gasteiger partial charge in [-0.25, -0.2) is 0 Å². The summed E-state index contributed by atoms with van der Waals surface area (Å²) in [5.41, 5.74) is 1.51. The van der Waals surface area contributed by atoms with Gasteiger partial charge in [0.05, 0.1) is 11.3 Å². The standard InChI is InChI=1S/C16H11BrN2O2S/c17-13-9-5-4-8-12(13)15-18-19-16(21-15)22-10-14(20)11-6-2-1-3-7-11/h1-9H,10H2. The quantitative estimate of drug-likeness (QED) is 0.486. The highest BCUT2D eigenvalue weighted by molar-refractivity contribution is 9.10. The van der Waals surface area contributed by atoms with Crippen LogP contribution in [-0.4, -0.2) is 21.7 Å². The number of Topliss-reactive ketones (excluding diaryl/α,β-unsaturated/α-hetero) is 1. The maximum absolute atomic E-state index is 12.0. The zero-order chi connectivity index (χ0) is 15.4. The topological polar surface area (TPSA) is 56.0 Å². The fraction of sp³-hybridized carbons (Fsp3) is 0.0625. The molecule has 0 radical (unpaired) electrons. The monoisotopic (exact) mass is 374 g/mol. The van der Waals surface area contributed by atoms with E-state index in [0.29, 0.717) is 16.7 Å². The van der Waals surface area contributed by atoms with Crippen molar-refractivity contribution < 1.29 is 9.21 Å². The van der Waals surface area contributed by atoms with E-state index < -0.39 is 0 Å². The molecule has 110 valence electrons. The molecule has 0 saturated carbocycles. The van der Waals surface area contributed by atoms with Crippen LogP contribution in [0.2, 0.25) is 0 Å². The Kier molecular flexibility index (Phi) is 4.70. The van der Waals surface area contributed by atoms with Gasteiger partial charge in [0.15, 0.2) is 5.78 Å². The molecule has 0 spiro atoms. The first-order valence-corrected chi connectivity index (χ1v) is 8.31. The van der Waals surface area contributed by atoms with Gasteiger partial charge in [-0.3, -0.25) is 4.79 Å². The molecule has 0 fully saturated rings. The molecule has 3 rings (SSSR count). The highest BCUT2D eigenvalue weighted by Gasteiger charge is 2.13. The second-order valence-electron chi connectivity index (χ2n) is 4.43. The molecule has 4 nitrogen and oxygen atoms in total. The molecule has 0 amide bonds. The van der Waals surface area contributed by atoms with Gasteiger partial charge in [-0.2, -0.15) is 0 Å². The number of nitrogens with zero attached hydrogens (tertiary/aromatic N) is 2. The van der Waals surface area contributed by atoms with Crippen molar-refractivity contribution in [3.8, 4) is 11.5 Å². The minimum absolute atomic E-state index is 0.0336. The number of halogens is 1.